The van der Waals surface area contributed by atoms with Crippen LogP contribution < -0.4 is 0 Å². The van der Waals surface area contributed by atoms with Gasteiger partial charge in [0.25, 0.3) is 0 Å². The van der Waals surface area contributed by atoms with Gasteiger partial charge in [0.1, 0.15) is 0 Å². The Morgan fingerprint density at radius 2 is 2.50 bits per heavy atom. The van der Waals surface area contributed by atoms with Gasteiger partial charge in [0, 0.05) is 0 Å². The molecule has 1 saturated carbocycles. The lowest BCUT2D eigenvalue weighted by molar-refractivity contribution is 0.338. The van der Waals surface area contributed by atoms with Crippen LogP contribution in [-0.4, -0.2) is 11.7 Å². The predicted octanol–water partition coefficient (Wildman–Crippen LogP) is 0.938. The minimum Gasteiger partial charge on any atom is -0.366 e. The van der Waals surface area contributed by atoms with Crippen molar-refractivity contribution in [3.63, 3.8) is 0 Å². The van der Waals surface area contributed by atoms with Crippen molar-refractivity contribution in [2.24, 2.45) is 0 Å². The first-order valence-electron chi connectivity index (χ1n) is 2.49. The number of hydrogen-bond acceptors (Lipinski definition) is 1. The van der Waals surface area contributed by atoms with Gasteiger partial charge in [-0.1, -0.05) is 0 Å². The van der Waals surface area contributed by atoms with E-state index in [1.165, 1.54) is 12.8 Å². The van der Waals surface area contributed by atoms with Crippen LogP contribution in [0.5, 0.6) is 0 Å². The van der Waals surface area contributed by atoms with Crippen LogP contribution in [0.1, 0.15) is 19.8 Å². The van der Waals surface area contributed by atoms with Crippen LogP contribution in [0.2, 0.25) is 0 Å². The summed E-state index contributed by atoms with van der Waals surface area (Å²) in [5.74, 6) is 0. The highest BCUT2D eigenvalue weighted by molar-refractivity contribution is 5.08. The Kier molecular flexibility index (Phi) is 0.274. The number of epoxide rings is 1. The van der Waals surface area contributed by atoms with E-state index in [-0.39, 0.29) is 0 Å². The normalized spacial score (nSPS) is 62.5. The van der Waals surface area contributed by atoms with E-state index in [4.69, 9.17) is 4.74 Å². The average molecular weight is 84.1 g/mol. The van der Waals surface area contributed by atoms with Gasteiger partial charge in [-0.25, -0.2) is 0 Å². The lowest BCUT2D eigenvalue weighted by Crippen LogP contribution is -2.19. The molecule has 2 atom stereocenters. The molecule has 34 valence electrons. The predicted molar refractivity (Wildman–Crippen MR) is 22.5 cm³/mol. The molecule has 2 fully saturated rings. The van der Waals surface area contributed by atoms with E-state index in [2.05, 4.69) is 6.92 Å². The quantitative estimate of drug-likeness (QED) is 0.398. The molecule has 1 aliphatic carbocycles. The van der Waals surface area contributed by atoms with Gasteiger partial charge in [-0.15, -0.1) is 0 Å². The molecule has 0 spiro atoms. The maximum absolute atomic E-state index is 5.22. The summed E-state index contributed by atoms with van der Waals surface area (Å²) in [6, 6.07) is 0. The van der Waals surface area contributed by atoms with Crippen molar-refractivity contribution in [1.82, 2.24) is 0 Å². The molecule has 1 saturated heterocycles. The first-order chi connectivity index (χ1) is 2.81. The second-order valence-corrected chi connectivity index (χ2v) is 2.46. The second-order valence-electron chi connectivity index (χ2n) is 2.46. The Hall–Kier alpha value is -0.0400. The molecule has 1 heteroatoms. The number of rotatable bonds is 0. The molecule has 2 rings (SSSR count). The van der Waals surface area contributed by atoms with E-state index >= 15 is 0 Å². The van der Waals surface area contributed by atoms with Crippen molar-refractivity contribution < 1.29 is 4.74 Å². The summed E-state index contributed by atoms with van der Waals surface area (Å²) in [6.45, 7) is 2.18. The van der Waals surface area contributed by atoms with Crippen LogP contribution in [0, 0.1) is 0 Å². The monoisotopic (exact) mass is 84.1 g/mol. The number of hydrogen-bond donors (Lipinski definition) is 0. The Morgan fingerprint density at radius 3 is 2.50 bits per heavy atom. The Labute approximate surface area is 37.3 Å². The average Bonchev–Trinajstić information content (AvgIpc) is 1.88. The minimum absolute atomic E-state index is 0.389. The maximum atomic E-state index is 5.22. The van der Waals surface area contributed by atoms with Crippen molar-refractivity contribution in [1.29, 1.82) is 0 Å². The first kappa shape index (κ1) is 3.03. The molecule has 0 aromatic carbocycles. The molecule has 1 aliphatic heterocycles. The van der Waals surface area contributed by atoms with E-state index in [0.29, 0.717) is 11.7 Å². The van der Waals surface area contributed by atoms with E-state index in [1.54, 1.807) is 0 Å². The lowest BCUT2D eigenvalue weighted by atomic mass is 9.87. The van der Waals surface area contributed by atoms with Gasteiger partial charge in [-0.05, 0) is 19.8 Å². The summed E-state index contributed by atoms with van der Waals surface area (Å²) < 4.78 is 5.22. The fourth-order valence-corrected chi connectivity index (χ4v) is 1.08. The van der Waals surface area contributed by atoms with Crippen LogP contribution in [0.4, 0.5) is 0 Å². The van der Waals surface area contributed by atoms with Crippen molar-refractivity contribution in [3.8, 4) is 0 Å². The topological polar surface area (TPSA) is 12.5 Å². The number of ether oxygens (including phenoxy) is 1. The van der Waals surface area contributed by atoms with Gasteiger partial charge in [-0.2, -0.15) is 0 Å². The molecule has 1 nitrogen and oxygen atoms in total. The highest BCUT2D eigenvalue weighted by Crippen LogP contribution is 2.52. The van der Waals surface area contributed by atoms with Gasteiger partial charge >= 0.3 is 0 Å². The summed E-state index contributed by atoms with van der Waals surface area (Å²) in [4.78, 5) is 0. The summed E-state index contributed by atoms with van der Waals surface area (Å²) in [6.07, 6.45) is 3.30. The third-order valence-corrected chi connectivity index (χ3v) is 1.94. The lowest BCUT2D eigenvalue weighted by Gasteiger charge is -2.11. The fourth-order valence-electron chi connectivity index (χ4n) is 1.08. The second kappa shape index (κ2) is 0.544. The third kappa shape index (κ3) is 0.155. The molecule has 2 aliphatic rings. The zero-order valence-corrected chi connectivity index (χ0v) is 3.90. The largest absolute Gasteiger partial charge is 0.366 e. The summed E-state index contributed by atoms with van der Waals surface area (Å²) in [7, 11) is 0. The molecule has 0 N–H and O–H groups in total. The van der Waals surface area contributed by atoms with E-state index in [0.717, 1.165) is 0 Å². The van der Waals surface area contributed by atoms with Crippen LogP contribution in [0.3, 0.4) is 0 Å². The van der Waals surface area contributed by atoms with Crippen LogP contribution in [0.25, 0.3) is 0 Å². The van der Waals surface area contributed by atoms with Crippen molar-refractivity contribution >= 4 is 0 Å². The van der Waals surface area contributed by atoms with Crippen LogP contribution >= 0.6 is 0 Å². The van der Waals surface area contributed by atoms with Gasteiger partial charge < -0.3 is 4.74 Å². The van der Waals surface area contributed by atoms with E-state index in [1.807, 2.05) is 0 Å². The van der Waals surface area contributed by atoms with Gasteiger partial charge in [0.05, 0.1) is 11.7 Å². The summed E-state index contributed by atoms with van der Waals surface area (Å²) in [5, 5.41) is 0. The Balaban J connectivity index is 2.22. The highest BCUT2D eigenvalue weighted by atomic mass is 16.6. The molecular formula is C5H8O. The highest BCUT2D eigenvalue weighted by Gasteiger charge is 2.59. The molecule has 0 aromatic heterocycles. The van der Waals surface area contributed by atoms with Crippen molar-refractivity contribution in [3.05, 3.63) is 0 Å². The van der Waals surface area contributed by atoms with Gasteiger partial charge in [-0.3, -0.25) is 0 Å². The number of fused-ring (bicyclic) bond motifs is 1. The molecule has 6 heavy (non-hydrogen) atoms. The van der Waals surface area contributed by atoms with E-state index in [9.17, 15) is 0 Å². The van der Waals surface area contributed by atoms with Crippen molar-refractivity contribution in [2.45, 2.75) is 31.5 Å². The molecule has 0 amide bonds. The summed E-state index contributed by atoms with van der Waals surface area (Å²) in [5.41, 5.74) is 0.389. The molecule has 0 aromatic rings. The minimum atomic E-state index is 0.389. The van der Waals surface area contributed by atoms with Crippen LogP contribution in [-0.2, 0) is 4.74 Å². The first-order valence-corrected chi connectivity index (χ1v) is 2.49. The van der Waals surface area contributed by atoms with Gasteiger partial charge in [0.2, 0.25) is 0 Å². The van der Waals surface area contributed by atoms with Gasteiger partial charge in [0.15, 0.2) is 0 Å². The Bertz CT molecular complexity index is 85.9. The molecule has 0 bridgehead atoms. The standard InChI is InChI=1S/C5H8O/c1-5-3-2-4(5)6-5/h4H,2-3H2,1H3. The Morgan fingerprint density at radius 1 is 1.83 bits per heavy atom. The maximum Gasteiger partial charge on any atom is 0.0921 e. The van der Waals surface area contributed by atoms with E-state index < -0.39 is 0 Å². The SMILES string of the molecule is CC12CCC1O2. The smallest absolute Gasteiger partial charge is 0.0921 e. The fraction of sp³-hybridized carbons (Fsp3) is 1.00. The molecule has 2 unspecified atom stereocenters. The molecule has 0 radical (unpaired) electrons. The molecular weight excluding hydrogens is 76.1 g/mol. The summed E-state index contributed by atoms with van der Waals surface area (Å²) >= 11 is 0. The third-order valence-electron chi connectivity index (χ3n) is 1.94. The van der Waals surface area contributed by atoms with Crippen molar-refractivity contribution in [2.75, 3.05) is 0 Å². The zero-order chi connectivity index (χ0) is 4.20. The van der Waals surface area contributed by atoms with Crippen LogP contribution in [0.15, 0.2) is 0 Å². The zero-order valence-electron chi connectivity index (χ0n) is 3.90. The molecule has 1 heterocycles.